The number of ether oxygens (including phenoxy) is 2. The second-order valence-electron chi connectivity index (χ2n) is 10.0. The second kappa shape index (κ2) is 13.6. The van der Waals surface area contributed by atoms with E-state index in [1.54, 1.807) is 39.0 Å². The molecule has 2 aromatic heterocycles. The van der Waals surface area contributed by atoms with Crippen molar-refractivity contribution in [2.75, 3.05) is 13.7 Å². The highest BCUT2D eigenvalue weighted by molar-refractivity contribution is 7.98. The summed E-state index contributed by atoms with van der Waals surface area (Å²) < 4.78 is 39.7. The molecule has 0 N–H and O–H groups in total. The van der Waals surface area contributed by atoms with Crippen LogP contribution >= 0.6 is 23.1 Å². The molecule has 1 aliphatic rings. The van der Waals surface area contributed by atoms with Crippen molar-refractivity contribution >= 4 is 35.1 Å². The summed E-state index contributed by atoms with van der Waals surface area (Å²) in [6, 6.07) is 17.3. The van der Waals surface area contributed by atoms with Gasteiger partial charge in [0.1, 0.15) is 22.5 Å². The second-order valence-corrected chi connectivity index (χ2v) is 12.0. The van der Waals surface area contributed by atoms with Crippen LogP contribution in [0.2, 0.25) is 0 Å². The first kappa shape index (κ1) is 31.8. The third-order valence-corrected chi connectivity index (χ3v) is 9.14. The van der Waals surface area contributed by atoms with Crippen LogP contribution in [0.5, 0.6) is 5.75 Å². The molecule has 5 rings (SSSR count). The van der Waals surface area contributed by atoms with Gasteiger partial charge in [-0.25, -0.2) is 23.6 Å². The van der Waals surface area contributed by atoms with Gasteiger partial charge in [0.15, 0.2) is 4.80 Å². The number of pyridine rings is 1. The van der Waals surface area contributed by atoms with E-state index in [0.29, 0.717) is 37.5 Å². The average molecular weight is 647 g/mol. The number of carbonyl (C=O) groups excluding carboxylic acids is 1. The lowest BCUT2D eigenvalue weighted by Gasteiger charge is -2.24. The summed E-state index contributed by atoms with van der Waals surface area (Å²) in [6.45, 7) is 5.25. The predicted octanol–water partition coefficient (Wildman–Crippen LogP) is 5.61. The number of alkyl halides is 2. The van der Waals surface area contributed by atoms with Crippen LogP contribution in [0.4, 0.5) is 8.78 Å². The van der Waals surface area contributed by atoms with Gasteiger partial charge < -0.3 is 9.47 Å². The van der Waals surface area contributed by atoms with Crippen molar-refractivity contribution in [1.82, 2.24) is 9.55 Å². The van der Waals surface area contributed by atoms with E-state index in [1.807, 2.05) is 36.4 Å². The van der Waals surface area contributed by atoms with Crippen molar-refractivity contribution in [1.29, 1.82) is 5.26 Å². The van der Waals surface area contributed by atoms with Gasteiger partial charge in [-0.2, -0.15) is 5.26 Å². The van der Waals surface area contributed by atoms with E-state index in [1.165, 1.54) is 29.1 Å². The van der Waals surface area contributed by atoms with Crippen LogP contribution in [0.15, 0.2) is 80.7 Å². The highest BCUT2D eigenvalue weighted by Gasteiger charge is 2.33. The number of carbonyl (C=O) groups is 1. The number of esters is 1. The predicted molar refractivity (Wildman–Crippen MR) is 168 cm³/mol. The molecule has 0 amide bonds. The van der Waals surface area contributed by atoms with Gasteiger partial charge in [-0.05, 0) is 61.7 Å². The van der Waals surface area contributed by atoms with E-state index < -0.39 is 18.4 Å². The molecule has 8 nitrogen and oxygen atoms in total. The average Bonchev–Trinajstić information content (AvgIpc) is 3.33. The maximum Gasteiger partial charge on any atom is 0.338 e. The molecule has 12 heteroatoms. The SMILES string of the molecule is CCOC(=O)C1=C(C)N=c2sc(=Cc3ccc(OC)c(CSc4nc(C(F)F)cc(C)c4C#N)c3)c(=O)n2[C@H]1c1ccccc1. The highest BCUT2D eigenvalue weighted by atomic mass is 32.2. The standard InChI is InChI=1S/C33H28F2N4O4S2/c1-5-43-32(41)27-19(3)37-33-39(28(27)21-9-7-6-8-10-21)31(40)26(45-33)15-20-11-12-25(42-4)22(14-20)17-44-30-23(16-36)18(2)13-24(38-30)29(34)35/h6-15,28-29H,5,17H2,1-4H3/t28-/m0/s1. The molecule has 0 bridgehead atoms. The summed E-state index contributed by atoms with van der Waals surface area (Å²) >= 11 is 2.37. The monoisotopic (exact) mass is 646 g/mol. The van der Waals surface area contributed by atoms with Crippen LogP contribution in [0.3, 0.4) is 0 Å². The first-order valence-electron chi connectivity index (χ1n) is 13.9. The van der Waals surface area contributed by atoms with Gasteiger partial charge in [0.2, 0.25) is 0 Å². The minimum Gasteiger partial charge on any atom is -0.496 e. The fourth-order valence-corrected chi connectivity index (χ4v) is 7.15. The molecule has 0 spiro atoms. The third kappa shape index (κ3) is 6.45. The number of thiazole rings is 1. The molecule has 1 atom stereocenters. The summed E-state index contributed by atoms with van der Waals surface area (Å²) in [5.41, 5.74) is 2.93. The number of rotatable bonds is 9. The van der Waals surface area contributed by atoms with Gasteiger partial charge in [-0.1, -0.05) is 47.7 Å². The van der Waals surface area contributed by atoms with E-state index in [-0.39, 0.29) is 34.2 Å². The Hall–Kier alpha value is -4.60. The number of nitriles is 1. The summed E-state index contributed by atoms with van der Waals surface area (Å²) in [7, 11) is 1.52. The van der Waals surface area contributed by atoms with Gasteiger partial charge in [-0.3, -0.25) is 9.36 Å². The van der Waals surface area contributed by atoms with Crippen LogP contribution in [0, 0.1) is 18.3 Å². The smallest absolute Gasteiger partial charge is 0.338 e. The molecule has 0 saturated heterocycles. The van der Waals surface area contributed by atoms with E-state index in [4.69, 9.17) is 9.47 Å². The molecule has 2 aromatic carbocycles. The number of thioether (sulfide) groups is 1. The number of benzene rings is 2. The molecule has 0 fully saturated rings. The van der Waals surface area contributed by atoms with Crippen LogP contribution in [0.25, 0.3) is 6.08 Å². The van der Waals surface area contributed by atoms with Crippen molar-refractivity contribution in [3.63, 3.8) is 0 Å². The fourth-order valence-electron chi connectivity index (χ4n) is 5.06. The topological polar surface area (TPSA) is 107 Å². The van der Waals surface area contributed by atoms with E-state index in [2.05, 4.69) is 16.0 Å². The fraction of sp³-hybridized carbons (Fsp3) is 0.242. The van der Waals surface area contributed by atoms with Crippen molar-refractivity contribution < 1.29 is 23.0 Å². The van der Waals surface area contributed by atoms with Gasteiger partial charge in [0, 0.05) is 11.3 Å². The van der Waals surface area contributed by atoms with E-state index in [0.717, 1.165) is 22.9 Å². The first-order chi connectivity index (χ1) is 21.7. The quantitative estimate of drug-likeness (QED) is 0.172. The lowest BCUT2D eigenvalue weighted by Crippen LogP contribution is -2.39. The van der Waals surface area contributed by atoms with Crippen molar-refractivity contribution in [2.24, 2.45) is 4.99 Å². The maximum atomic E-state index is 13.9. The molecule has 0 aliphatic carbocycles. The number of allylic oxidation sites excluding steroid dienone is 1. The lowest BCUT2D eigenvalue weighted by atomic mass is 9.96. The van der Waals surface area contributed by atoms with Gasteiger partial charge in [0.25, 0.3) is 12.0 Å². The Bertz CT molecular complexity index is 2030. The molecule has 0 radical (unpaired) electrons. The molecule has 45 heavy (non-hydrogen) atoms. The Kier molecular flexibility index (Phi) is 9.60. The lowest BCUT2D eigenvalue weighted by molar-refractivity contribution is -0.139. The number of nitrogens with zero attached hydrogens (tertiary/aromatic N) is 4. The first-order valence-corrected chi connectivity index (χ1v) is 15.7. The molecule has 3 heterocycles. The zero-order valence-electron chi connectivity index (χ0n) is 24.8. The largest absolute Gasteiger partial charge is 0.496 e. The number of methoxy groups -OCH3 is 1. The van der Waals surface area contributed by atoms with Crippen LogP contribution in [-0.2, 0) is 15.3 Å². The maximum absolute atomic E-state index is 13.9. The van der Waals surface area contributed by atoms with Crippen molar-refractivity contribution in [3.05, 3.63) is 119 Å². The molecule has 0 unspecified atom stereocenters. The Morgan fingerprint density at radius 1 is 1.20 bits per heavy atom. The van der Waals surface area contributed by atoms with E-state index in [9.17, 15) is 23.6 Å². The van der Waals surface area contributed by atoms with Crippen LogP contribution in [0.1, 0.15) is 59.8 Å². The van der Waals surface area contributed by atoms with Gasteiger partial charge >= 0.3 is 5.97 Å². The minimum atomic E-state index is -2.76. The molecular weight excluding hydrogens is 619 g/mol. The minimum absolute atomic E-state index is 0.185. The Morgan fingerprint density at radius 3 is 2.62 bits per heavy atom. The molecule has 0 saturated carbocycles. The summed E-state index contributed by atoms with van der Waals surface area (Å²) in [5.74, 6) is 0.304. The van der Waals surface area contributed by atoms with Crippen molar-refractivity contribution in [2.45, 2.75) is 44.0 Å². The zero-order valence-corrected chi connectivity index (χ0v) is 26.5. The third-order valence-electron chi connectivity index (χ3n) is 7.14. The highest BCUT2D eigenvalue weighted by Crippen LogP contribution is 2.33. The molecule has 230 valence electrons. The number of halogens is 2. The Labute approximate surface area is 266 Å². The number of hydrogen-bond acceptors (Lipinski definition) is 9. The molecular formula is C33H28F2N4O4S2. The molecule has 1 aliphatic heterocycles. The summed E-state index contributed by atoms with van der Waals surface area (Å²) in [4.78, 5) is 36.1. The Morgan fingerprint density at radius 2 is 1.96 bits per heavy atom. The zero-order chi connectivity index (χ0) is 32.2. The van der Waals surface area contributed by atoms with Gasteiger partial charge in [-0.15, -0.1) is 11.8 Å². The normalized spacial score (nSPS) is 14.6. The number of aryl methyl sites for hydroxylation is 1. The summed E-state index contributed by atoms with van der Waals surface area (Å²) in [5, 5.41) is 9.83. The Balaban J connectivity index is 1.56. The summed E-state index contributed by atoms with van der Waals surface area (Å²) in [6.07, 6.45) is -1.02. The van der Waals surface area contributed by atoms with Crippen molar-refractivity contribution in [3.8, 4) is 11.8 Å². The number of fused-ring (bicyclic) bond motifs is 1. The van der Waals surface area contributed by atoms with Crippen LogP contribution < -0.4 is 19.6 Å². The molecule has 4 aromatic rings. The van der Waals surface area contributed by atoms with Crippen LogP contribution in [-0.4, -0.2) is 29.2 Å². The van der Waals surface area contributed by atoms with Gasteiger partial charge in [0.05, 0.1) is 41.1 Å². The number of hydrogen-bond donors (Lipinski definition) is 0. The van der Waals surface area contributed by atoms with E-state index >= 15 is 0 Å². The number of aromatic nitrogens is 2.